The molecule has 356 valence electrons. The first kappa shape index (κ1) is 43.8. The Labute approximate surface area is 401 Å². The predicted molar refractivity (Wildman–Crippen MR) is 266 cm³/mol. The summed E-state index contributed by atoms with van der Waals surface area (Å²) in [4.78, 5) is 66.5. The molecule has 1 aliphatic carbocycles. The van der Waals surface area contributed by atoms with E-state index in [1.54, 1.807) is 4.57 Å². The number of carbonyl (C=O) groups is 3. The maximum Gasteiger partial charge on any atom is 0.330 e. The lowest BCUT2D eigenvalue weighted by Gasteiger charge is -2.39. The highest BCUT2D eigenvalue weighted by atomic mass is 16.2. The van der Waals surface area contributed by atoms with Crippen LogP contribution < -0.4 is 11.0 Å². The molecular formula is C54H61N11O4. The quantitative estimate of drug-likeness (QED) is 0.137. The number of piperazine rings is 1. The Kier molecular flexibility index (Phi) is 11.5. The summed E-state index contributed by atoms with van der Waals surface area (Å²) in [5.74, 6) is 0.558. The fourth-order valence-corrected chi connectivity index (χ4v) is 11.9. The van der Waals surface area contributed by atoms with Gasteiger partial charge in [0.15, 0.2) is 0 Å². The molecular weight excluding hydrogens is 867 g/mol. The summed E-state index contributed by atoms with van der Waals surface area (Å²) >= 11 is 0. The van der Waals surface area contributed by atoms with Crippen LogP contribution in [0.25, 0.3) is 44.1 Å². The second-order valence-corrected chi connectivity index (χ2v) is 20.5. The molecule has 5 fully saturated rings. The molecule has 1 unspecified atom stereocenters. The number of nitrogens with zero attached hydrogens (tertiary/aromatic N) is 9. The number of aryl methyl sites for hydroxylation is 1. The first-order chi connectivity index (χ1) is 33.7. The Bertz CT molecular complexity index is 3140. The molecule has 15 nitrogen and oxygen atoms in total. The van der Waals surface area contributed by atoms with Crippen LogP contribution in [0, 0.1) is 5.92 Å². The van der Waals surface area contributed by atoms with Crippen LogP contribution in [0.15, 0.2) is 90.0 Å². The zero-order chi connectivity index (χ0) is 46.8. The van der Waals surface area contributed by atoms with Crippen LogP contribution in [-0.2, 0) is 29.7 Å². The fourth-order valence-electron chi connectivity index (χ4n) is 11.9. The van der Waals surface area contributed by atoms with E-state index in [4.69, 9.17) is 4.98 Å². The third kappa shape index (κ3) is 8.58. The van der Waals surface area contributed by atoms with Crippen LogP contribution in [0.2, 0.25) is 0 Å². The summed E-state index contributed by atoms with van der Waals surface area (Å²) in [7, 11) is 2.13. The molecule has 12 rings (SSSR count). The Balaban J connectivity index is 0.596. The molecule has 2 N–H and O–H groups in total. The Morgan fingerprint density at radius 2 is 1.49 bits per heavy atom. The average molecular weight is 928 g/mol. The summed E-state index contributed by atoms with van der Waals surface area (Å²) in [6, 6.07) is 25.1. The van der Waals surface area contributed by atoms with Gasteiger partial charge in [-0.15, -0.1) is 0 Å². The SMILES string of the molecule is Cn1c(CN2CCC(c3ccc(C(=O)N4CCC(CN5CCN(Cc6ccc7c(c6)n(C6CC6)c(=O)n7C6CCC(=O)NC6=O)CC5)CC4)cc3)CC2)cc2c(-c3ccc4[nH]ncc4c3)ccnc21. The molecule has 3 aromatic carbocycles. The highest BCUT2D eigenvalue weighted by molar-refractivity contribution is 6.00. The molecule has 4 aromatic heterocycles. The van der Waals surface area contributed by atoms with Gasteiger partial charge in [0.25, 0.3) is 5.91 Å². The molecule has 4 saturated heterocycles. The number of aromatic amines is 1. The number of H-pyrrole nitrogens is 1. The van der Waals surface area contributed by atoms with Crippen molar-refractivity contribution in [2.75, 3.05) is 58.9 Å². The van der Waals surface area contributed by atoms with E-state index in [0.717, 1.165) is 144 Å². The van der Waals surface area contributed by atoms with E-state index < -0.39 is 11.9 Å². The van der Waals surface area contributed by atoms with E-state index >= 15 is 0 Å². The lowest BCUT2D eigenvalue weighted by Crippen LogP contribution is -2.48. The van der Waals surface area contributed by atoms with Gasteiger partial charge in [0.2, 0.25) is 11.8 Å². The number of fused-ring (bicyclic) bond motifs is 3. The number of amides is 3. The van der Waals surface area contributed by atoms with E-state index in [9.17, 15) is 19.2 Å². The van der Waals surface area contributed by atoms with Gasteiger partial charge in [0.1, 0.15) is 11.7 Å². The van der Waals surface area contributed by atoms with Crippen LogP contribution in [0.3, 0.4) is 0 Å². The van der Waals surface area contributed by atoms with Crippen molar-refractivity contribution >= 4 is 50.7 Å². The van der Waals surface area contributed by atoms with Crippen molar-refractivity contribution in [2.24, 2.45) is 13.0 Å². The lowest BCUT2D eigenvalue weighted by atomic mass is 9.88. The Hall–Kier alpha value is -6.42. The second kappa shape index (κ2) is 18.2. The Morgan fingerprint density at radius 1 is 0.725 bits per heavy atom. The van der Waals surface area contributed by atoms with Crippen molar-refractivity contribution in [1.82, 2.24) is 53.8 Å². The van der Waals surface area contributed by atoms with Gasteiger partial charge in [-0.2, -0.15) is 5.10 Å². The minimum Gasteiger partial charge on any atom is -0.339 e. The molecule has 1 saturated carbocycles. The number of piperidine rings is 3. The van der Waals surface area contributed by atoms with Crippen molar-refractivity contribution in [3.8, 4) is 11.1 Å². The number of imide groups is 1. The highest BCUT2D eigenvalue weighted by Gasteiger charge is 2.35. The summed E-state index contributed by atoms with van der Waals surface area (Å²) in [5, 5.41) is 12.0. The monoisotopic (exact) mass is 927 g/mol. The van der Waals surface area contributed by atoms with Crippen molar-refractivity contribution in [3.63, 3.8) is 0 Å². The number of nitrogens with one attached hydrogen (secondary N) is 2. The van der Waals surface area contributed by atoms with Gasteiger partial charge in [-0.1, -0.05) is 24.3 Å². The normalized spacial score (nSPS) is 20.7. The molecule has 0 spiro atoms. The molecule has 7 aromatic rings. The molecule has 1 atom stereocenters. The van der Waals surface area contributed by atoms with Gasteiger partial charge in [-0.05, 0) is 141 Å². The number of hydrogen-bond acceptors (Lipinski definition) is 9. The maximum absolute atomic E-state index is 13.7. The van der Waals surface area contributed by atoms with Gasteiger partial charge >= 0.3 is 5.69 Å². The van der Waals surface area contributed by atoms with Crippen molar-refractivity contribution in [1.29, 1.82) is 0 Å². The van der Waals surface area contributed by atoms with E-state index in [2.05, 4.69) is 113 Å². The van der Waals surface area contributed by atoms with Crippen molar-refractivity contribution in [2.45, 2.75) is 82.5 Å². The van der Waals surface area contributed by atoms with Crippen LogP contribution >= 0.6 is 0 Å². The average Bonchev–Trinajstić information content (AvgIpc) is 3.90. The number of hydrogen-bond donors (Lipinski definition) is 2. The molecule has 4 aliphatic heterocycles. The minimum absolute atomic E-state index is 0.150. The Morgan fingerprint density at radius 3 is 2.26 bits per heavy atom. The first-order valence-corrected chi connectivity index (χ1v) is 25.2. The van der Waals surface area contributed by atoms with E-state index in [0.29, 0.717) is 18.3 Å². The number of imidazole rings is 1. The number of carbonyl (C=O) groups excluding carboxylic acids is 3. The van der Waals surface area contributed by atoms with Gasteiger partial charge in [0.05, 0.1) is 22.7 Å². The third-order valence-electron chi connectivity index (χ3n) is 16.1. The zero-order valence-corrected chi connectivity index (χ0v) is 39.5. The molecule has 69 heavy (non-hydrogen) atoms. The molecule has 15 heteroatoms. The molecule has 5 aliphatic rings. The maximum atomic E-state index is 13.7. The molecule has 0 radical (unpaired) electrons. The number of aromatic nitrogens is 6. The summed E-state index contributed by atoms with van der Waals surface area (Å²) in [6.45, 7) is 10.4. The topological polar surface area (TPSA) is 150 Å². The number of pyridine rings is 1. The third-order valence-corrected chi connectivity index (χ3v) is 16.1. The highest BCUT2D eigenvalue weighted by Crippen LogP contribution is 2.38. The smallest absolute Gasteiger partial charge is 0.330 e. The summed E-state index contributed by atoms with van der Waals surface area (Å²) < 4.78 is 5.75. The van der Waals surface area contributed by atoms with Crippen LogP contribution in [0.4, 0.5) is 0 Å². The number of benzene rings is 3. The lowest BCUT2D eigenvalue weighted by molar-refractivity contribution is -0.135. The zero-order valence-electron chi connectivity index (χ0n) is 39.5. The minimum atomic E-state index is -0.665. The van der Waals surface area contributed by atoms with Crippen LogP contribution in [-0.4, -0.2) is 125 Å². The largest absolute Gasteiger partial charge is 0.339 e. The summed E-state index contributed by atoms with van der Waals surface area (Å²) in [6.07, 6.45) is 10.6. The molecule has 3 amide bonds. The number of rotatable bonds is 11. The molecule has 0 bridgehead atoms. The van der Waals surface area contributed by atoms with E-state index in [1.165, 1.54) is 33.3 Å². The number of likely N-dealkylation sites (tertiary alicyclic amines) is 2. The summed E-state index contributed by atoms with van der Waals surface area (Å²) in [5.41, 5.74) is 10.5. The first-order valence-electron chi connectivity index (χ1n) is 25.2. The van der Waals surface area contributed by atoms with E-state index in [-0.39, 0.29) is 30.0 Å². The standard InChI is InChI=1S/C54H61N11O4/c1-59-43(30-45-44(14-19-55-51(45)59)40-7-10-46-41(29-40)31-56-58-46)34-60-20-17-38(18-21-60)37-3-5-39(6-4-37)53(68)63-22-15-35(16-23-63)32-61-24-26-62(27-25-61)33-36-2-11-47-49(28-36)64(42-8-9-42)54(69)65(47)48-12-13-50(66)57-52(48)67/h2-7,10-11,14,19,28-31,35,38,42,48H,8-9,12-13,15-18,20-27,32-34H2,1H3,(H,56,58)(H,57,66,67). The van der Waals surface area contributed by atoms with Gasteiger partial charge in [-0.25, -0.2) is 9.78 Å². The van der Waals surface area contributed by atoms with Crippen molar-refractivity contribution < 1.29 is 14.4 Å². The van der Waals surface area contributed by atoms with Crippen LogP contribution in [0.5, 0.6) is 0 Å². The molecule has 8 heterocycles. The van der Waals surface area contributed by atoms with Gasteiger partial charge in [-0.3, -0.25) is 43.7 Å². The van der Waals surface area contributed by atoms with E-state index in [1.807, 2.05) is 23.0 Å². The fraction of sp³-hybridized carbons (Fsp3) is 0.444. The van der Waals surface area contributed by atoms with Gasteiger partial charge < -0.3 is 14.4 Å². The van der Waals surface area contributed by atoms with Gasteiger partial charge in [0, 0.05) is 107 Å². The van der Waals surface area contributed by atoms with Crippen LogP contribution in [0.1, 0.15) is 96.5 Å². The van der Waals surface area contributed by atoms with Crippen molar-refractivity contribution in [3.05, 3.63) is 118 Å². The second-order valence-electron chi connectivity index (χ2n) is 20.5. The predicted octanol–water partition coefficient (Wildman–Crippen LogP) is 6.60.